The van der Waals surface area contributed by atoms with Crippen LogP contribution in [0, 0.1) is 18.8 Å². The topological polar surface area (TPSA) is 38.9 Å². The van der Waals surface area contributed by atoms with Crippen LogP contribution in [0.15, 0.2) is 23.6 Å². The van der Waals surface area contributed by atoms with E-state index in [0.717, 1.165) is 21.8 Å². The third-order valence-electron chi connectivity index (χ3n) is 3.73. The standard InChI is InChI=1S/C16H16N2S/c1-11-12(4-3-7-14(11)17)8-9-16-18-15(10-19-16)13-5-2-6-13/h3-4,7,10,13H,2,5-6,17H2,1H3. The molecule has 1 heterocycles. The molecule has 1 fully saturated rings. The molecule has 2 nitrogen and oxygen atoms in total. The molecular formula is C16H16N2S. The van der Waals surface area contributed by atoms with E-state index in [1.165, 1.54) is 25.0 Å². The lowest BCUT2D eigenvalue weighted by Crippen LogP contribution is -2.08. The van der Waals surface area contributed by atoms with Crippen LogP contribution < -0.4 is 5.73 Å². The summed E-state index contributed by atoms with van der Waals surface area (Å²) in [5.41, 5.74) is 9.93. The normalized spacial score (nSPS) is 14.6. The first-order chi connectivity index (χ1) is 9.24. The maximum Gasteiger partial charge on any atom is 0.167 e. The Balaban J connectivity index is 1.83. The molecule has 1 aromatic heterocycles. The van der Waals surface area contributed by atoms with Gasteiger partial charge in [0.05, 0.1) is 5.69 Å². The fraction of sp³-hybridized carbons (Fsp3) is 0.312. The Morgan fingerprint density at radius 3 is 2.89 bits per heavy atom. The van der Waals surface area contributed by atoms with E-state index < -0.39 is 0 Å². The van der Waals surface area contributed by atoms with Gasteiger partial charge in [-0.3, -0.25) is 0 Å². The minimum atomic E-state index is 0.681. The van der Waals surface area contributed by atoms with Crippen LogP contribution in [0.25, 0.3) is 0 Å². The molecule has 1 aliphatic carbocycles. The first-order valence-electron chi connectivity index (χ1n) is 6.56. The van der Waals surface area contributed by atoms with E-state index in [1.807, 2.05) is 25.1 Å². The van der Waals surface area contributed by atoms with Crippen LogP contribution in [0.2, 0.25) is 0 Å². The molecule has 0 atom stereocenters. The third kappa shape index (κ3) is 2.50. The van der Waals surface area contributed by atoms with Gasteiger partial charge in [-0.2, -0.15) is 0 Å². The van der Waals surface area contributed by atoms with E-state index in [-0.39, 0.29) is 0 Å². The highest BCUT2D eigenvalue weighted by Crippen LogP contribution is 2.36. The van der Waals surface area contributed by atoms with Gasteiger partial charge in [0.25, 0.3) is 0 Å². The molecule has 2 N–H and O–H groups in total. The molecule has 1 aromatic carbocycles. The van der Waals surface area contributed by atoms with Crippen molar-refractivity contribution >= 4 is 17.0 Å². The van der Waals surface area contributed by atoms with Crippen molar-refractivity contribution in [3.05, 3.63) is 45.4 Å². The number of nitrogens with zero attached hydrogens (tertiary/aromatic N) is 1. The zero-order valence-electron chi connectivity index (χ0n) is 10.9. The number of nitrogens with two attached hydrogens (primary N) is 1. The second-order valence-electron chi connectivity index (χ2n) is 4.98. The van der Waals surface area contributed by atoms with Crippen molar-refractivity contribution in [2.45, 2.75) is 32.1 Å². The van der Waals surface area contributed by atoms with Crippen LogP contribution in [0.3, 0.4) is 0 Å². The van der Waals surface area contributed by atoms with E-state index in [0.29, 0.717) is 5.92 Å². The van der Waals surface area contributed by atoms with Crippen molar-refractivity contribution in [2.24, 2.45) is 0 Å². The molecule has 0 aliphatic heterocycles. The fourth-order valence-corrected chi connectivity index (χ4v) is 2.89. The van der Waals surface area contributed by atoms with Crippen molar-refractivity contribution in [3.8, 4) is 11.8 Å². The fourth-order valence-electron chi connectivity index (χ4n) is 2.14. The summed E-state index contributed by atoms with van der Waals surface area (Å²) in [6, 6.07) is 5.84. The molecule has 96 valence electrons. The summed E-state index contributed by atoms with van der Waals surface area (Å²) in [7, 11) is 0. The number of hydrogen-bond donors (Lipinski definition) is 1. The maximum absolute atomic E-state index is 5.88. The molecule has 1 aliphatic rings. The van der Waals surface area contributed by atoms with Crippen LogP contribution in [-0.2, 0) is 0 Å². The number of benzene rings is 1. The minimum Gasteiger partial charge on any atom is -0.398 e. The monoisotopic (exact) mass is 268 g/mol. The highest BCUT2D eigenvalue weighted by atomic mass is 32.1. The van der Waals surface area contributed by atoms with Crippen LogP contribution in [0.5, 0.6) is 0 Å². The van der Waals surface area contributed by atoms with Crippen molar-refractivity contribution in [2.75, 3.05) is 5.73 Å². The molecule has 0 spiro atoms. The van der Waals surface area contributed by atoms with Gasteiger partial charge in [0.15, 0.2) is 5.01 Å². The Morgan fingerprint density at radius 1 is 1.32 bits per heavy atom. The Morgan fingerprint density at radius 2 is 2.16 bits per heavy atom. The highest BCUT2D eigenvalue weighted by molar-refractivity contribution is 7.10. The Hall–Kier alpha value is -1.79. The largest absolute Gasteiger partial charge is 0.398 e. The number of anilines is 1. The zero-order valence-corrected chi connectivity index (χ0v) is 11.8. The lowest BCUT2D eigenvalue weighted by molar-refractivity contribution is 0.412. The van der Waals surface area contributed by atoms with Gasteiger partial charge < -0.3 is 5.73 Å². The van der Waals surface area contributed by atoms with Gasteiger partial charge in [-0.25, -0.2) is 4.98 Å². The van der Waals surface area contributed by atoms with Crippen LogP contribution in [0.1, 0.15) is 47.0 Å². The third-order valence-corrected chi connectivity index (χ3v) is 4.50. The molecular weight excluding hydrogens is 252 g/mol. The Labute approximate surface area is 117 Å². The summed E-state index contributed by atoms with van der Waals surface area (Å²) in [4.78, 5) is 4.61. The zero-order chi connectivity index (χ0) is 13.2. The Kier molecular flexibility index (Phi) is 3.27. The maximum atomic E-state index is 5.88. The molecule has 3 heteroatoms. The molecule has 0 radical (unpaired) electrons. The molecule has 2 aromatic rings. The second-order valence-corrected chi connectivity index (χ2v) is 5.83. The number of nitrogen functional groups attached to an aromatic ring is 1. The predicted octanol–water partition coefficient (Wildman–Crippen LogP) is 3.70. The van der Waals surface area contributed by atoms with Gasteiger partial charge in [-0.15, -0.1) is 11.3 Å². The van der Waals surface area contributed by atoms with Crippen molar-refractivity contribution in [1.29, 1.82) is 0 Å². The van der Waals surface area contributed by atoms with E-state index in [4.69, 9.17) is 5.73 Å². The van der Waals surface area contributed by atoms with E-state index in [1.54, 1.807) is 11.3 Å². The lowest BCUT2D eigenvalue weighted by Gasteiger charge is -2.22. The summed E-state index contributed by atoms with van der Waals surface area (Å²) in [5, 5.41) is 3.06. The second kappa shape index (κ2) is 5.07. The summed E-state index contributed by atoms with van der Waals surface area (Å²) in [5.74, 6) is 7.01. The summed E-state index contributed by atoms with van der Waals surface area (Å²) >= 11 is 1.64. The SMILES string of the molecule is Cc1c(N)cccc1C#Cc1nc(C2CCC2)cs1. The summed E-state index contributed by atoms with van der Waals surface area (Å²) < 4.78 is 0. The van der Waals surface area contributed by atoms with Gasteiger partial charge in [-0.05, 0) is 43.4 Å². The molecule has 0 unspecified atom stereocenters. The van der Waals surface area contributed by atoms with Gasteiger partial charge in [0.1, 0.15) is 0 Å². The quantitative estimate of drug-likeness (QED) is 0.632. The van der Waals surface area contributed by atoms with E-state index in [2.05, 4.69) is 22.2 Å². The first-order valence-corrected chi connectivity index (χ1v) is 7.44. The van der Waals surface area contributed by atoms with Crippen LogP contribution >= 0.6 is 11.3 Å². The van der Waals surface area contributed by atoms with Crippen molar-refractivity contribution in [3.63, 3.8) is 0 Å². The molecule has 3 rings (SSSR count). The van der Waals surface area contributed by atoms with E-state index in [9.17, 15) is 0 Å². The number of rotatable bonds is 1. The van der Waals surface area contributed by atoms with Crippen LogP contribution in [0.4, 0.5) is 5.69 Å². The number of hydrogen-bond acceptors (Lipinski definition) is 3. The number of thiazole rings is 1. The van der Waals surface area contributed by atoms with Crippen molar-refractivity contribution < 1.29 is 0 Å². The van der Waals surface area contributed by atoms with Gasteiger partial charge >= 0.3 is 0 Å². The molecule has 19 heavy (non-hydrogen) atoms. The molecule has 1 saturated carbocycles. The van der Waals surface area contributed by atoms with Crippen LogP contribution in [-0.4, -0.2) is 4.98 Å². The summed E-state index contributed by atoms with van der Waals surface area (Å²) in [6.45, 7) is 2.00. The molecule has 0 bridgehead atoms. The first kappa shape index (κ1) is 12.3. The number of aromatic nitrogens is 1. The minimum absolute atomic E-state index is 0.681. The average molecular weight is 268 g/mol. The van der Waals surface area contributed by atoms with Crippen molar-refractivity contribution in [1.82, 2.24) is 4.98 Å². The summed E-state index contributed by atoms with van der Waals surface area (Å²) in [6.07, 6.45) is 3.90. The van der Waals surface area contributed by atoms with Gasteiger partial charge in [0, 0.05) is 22.5 Å². The smallest absolute Gasteiger partial charge is 0.167 e. The lowest BCUT2D eigenvalue weighted by atomic mass is 9.83. The van der Waals surface area contributed by atoms with Gasteiger partial charge in [0.2, 0.25) is 0 Å². The Bertz CT molecular complexity index is 657. The van der Waals surface area contributed by atoms with E-state index >= 15 is 0 Å². The van der Waals surface area contributed by atoms with Gasteiger partial charge in [-0.1, -0.05) is 18.4 Å². The predicted molar refractivity (Wildman–Crippen MR) is 80.3 cm³/mol. The highest BCUT2D eigenvalue weighted by Gasteiger charge is 2.21. The molecule has 0 amide bonds. The average Bonchev–Trinajstić information content (AvgIpc) is 2.77. The molecule has 0 saturated heterocycles.